The Kier molecular flexibility index (Phi) is 3.37. The van der Waals surface area contributed by atoms with Crippen molar-refractivity contribution in [2.45, 2.75) is 13.8 Å². The van der Waals surface area contributed by atoms with Gasteiger partial charge in [0.2, 0.25) is 5.76 Å². The van der Waals surface area contributed by atoms with Crippen LogP contribution >= 0.6 is 0 Å². The van der Waals surface area contributed by atoms with Gasteiger partial charge in [-0.3, -0.25) is 0 Å². The number of aryl methyl sites for hydroxylation is 2. The van der Waals surface area contributed by atoms with E-state index in [1.54, 1.807) is 13.0 Å². The van der Waals surface area contributed by atoms with Gasteiger partial charge in [0, 0.05) is 0 Å². The zero-order valence-electron chi connectivity index (χ0n) is 10.5. The molecule has 0 aliphatic rings. The monoisotopic (exact) mass is 260 g/mol. The molecule has 0 spiro atoms. The fourth-order valence-electron chi connectivity index (χ4n) is 1.50. The van der Waals surface area contributed by atoms with Gasteiger partial charge in [-0.25, -0.2) is 9.59 Å². The van der Waals surface area contributed by atoms with Crippen molar-refractivity contribution in [3.05, 3.63) is 53.0 Å². The van der Waals surface area contributed by atoms with E-state index in [0.717, 1.165) is 5.56 Å². The van der Waals surface area contributed by atoms with Crippen molar-refractivity contribution in [3.63, 3.8) is 0 Å². The lowest BCUT2D eigenvalue weighted by molar-refractivity contribution is 0.0694. The summed E-state index contributed by atoms with van der Waals surface area (Å²) in [6, 6.07) is 7.17. The summed E-state index contributed by atoms with van der Waals surface area (Å²) in [6.45, 7) is 3.59. The summed E-state index contributed by atoms with van der Waals surface area (Å²) in [5.74, 6) is -0.596. The zero-order chi connectivity index (χ0) is 14.0. The van der Waals surface area contributed by atoms with Crippen LogP contribution in [0.4, 0.5) is 0 Å². The molecule has 1 heterocycles. The van der Waals surface area contributed by atoms with E-state index in [2.05, 4.69) is 0 Å². The molecule has 2 rings (SSSR count). The SMILES string of the molecule is Cc1cc(C(=O)Oc2ccc(C(=O)O)cc2)oc1C. The maximum absolute atomic E-state index is 11.8. The number of aromatic carboxylic acids is 1. The van der Waals surface area contributed by atoms with E-state index in [1.165, 1.54) is 24.3 Å². The number of carbonyl (C=O) groups excluding carboxylic acids is 1. The van der Waals surface area contributed by atoms with Crippen molar-refractivity contribution < 1.29 is 23.8 Å². The predicted molar refractivity (Wildman–Crippen MR) is 66.5 cm³/mol. The third kappa shape index (κ3) is 2.82. The number of rotatable bonds is 3. The molecule has 98 valence electrons. The number of furan rings is 1. The highest BCUT2D eigenvalue weighted by molar-refractivity contribution is 5.89. The summed E-state index contributed by atoms with van der Waals surface area (Å²) in [4.78, 5) is 22.4. The number of ether oxygens (including phenoxy) is 1. The Bertz CT molecular complexity index is 602. The van der Waals surface area contributed by atoms with Crippen molar-refractivity contribution in [2.24, 2.45) is 0 Å². The van der Waals surface area contributed by atoms with E-state index in [9.17, 15) is 9.59 Å². The summed E-state index contributed by atoms with van der Waals surface area (Å²) in [7, 11) is 0. The Morgan fingerprint density at radius 1 is 1.16 bits per heavy atom. The van der Waals surface area contributed by atoms with Gasteiger partial charge in [-0.05, 0) is 49.7 Å². The summed E-state index contributed by atoms with van der Waals surface area (Å²) in [5, 5.41) is 8.75. The summed E-state index contributed by atoms with van der Waals surface area (Å²) in [6.07, 6.45) is 0. The Labute approximate surface area is 109 Å². The highest BCUT2D eigenvalue weighted by Crippen LogP contribution is 2.17. The highest BCUT2D eigenvalue weighted by atomic mass is 16.5. The van der Waals surface area contributed by atoms with E-state index in [4.69, 9.17) is 14.3 Å². The average Bonchev–Trinajstić information content (AvgIpc) is 2.70. The second kappa shape index (κ2) is 4.97. The second-order valence-corrected chi connectivity index (χ2v) is 4.07. The van der Waals surface area contributed by atoms with Crippen LogP contribution in [0.1, 0.15) is 32.2 Å². The molecule has 5 nitrogen and oxygen atoms in total. The summed E-state index contributed by atoms with van der Waals surface area (Å²) < 4.78 is 10.3. The standard InChI is InChI=1S/C14H12O5/c1-8-7-12(18-9(8)2)14(17)19-11-5-3-10(4-6-11)13(15)16/h3-7H,1-2H3,(H,15,16). The molecule has 0 radical (unpaired) electrons. The van der Waals surface area contributed by atoms with Gasteiger partial charge in [0.1, 0.15) is 11.5 Å². The number of hydrogen-bond donors (Lipinski definition) is 1. The average molecular weight is 260 g/mol. The largest absolute Gasteiger partial charge is 0.478 e. The third-order valence-electron chi connectivity index (χ3n) is 2.68. The fourth-order valence-corrected chi connectivity index (χ4v) is 1.50. The topological polar surface area (TPSA) is 76.7 Å². The molecular formula is C14H12O5. The van der Waals surface area contributed by atoms with Crippen LogP contribution in [-0.2, 0) is 0 Å². The number of carboxylic acids is 1. The van der Waals surface area contributed by atoms with Crippen LogP contribution in [0.3, 0.4) is 0 Å². The molecule has 0 aliphatic heterocycles. The summed E-state index contributed by atoms with van der Waals surface area (Å²) in [5.41, 5.74) is 0.998. The van der Waals surface area contributed by atoms with Crippen molar-refractivity contribution in [3.8, 4) is 5.75 Å². The Morgan fingerprint density at radius 2 is 1.79 bits per heavy atom. The lowest BCUT2D eigenvalue weighted by atomic mass is 10.2. The van der Waals surface area contributed by atoms with Gasteiger partial charge in [-0.2, -0.15) is 0 Å². The molecule has 1 aromatic heterocycles. The highest BCUT2D eigenvalue weighted by Gasteiger charge is 2.15. The molecule has 0 unspecified atom stereocenters. The van der Waals surface area contributed by atoms with Crippen LogP contribution in [0.15, 0.2) is 34.7 Å². The van der Waals surface area contributed by atoms with Crippen LogP contribution in [0.25, 0.3) is 0 Å². The maximum atomic E-state index is 11.8. The smallest absolute Gasteiger partial charge is 0.379 e. The number of carboxylic acid groups (broad SMARTS) is 1. The Hall–Kier alpha value is -2.56. The van der Waals surface area contributed by atoms with Gasteiger partial charge in [-0.15, -0.1) is 0 Å². The van der Waals surface area contributed by atoms with Crippen molar-refractivity contribution in [1.29, 1.82) is 0 Å². The first kappa shape index (κ1) is 12.9. The predicted octanol–water partition coefficient (Wildman–Crippen LogP) is 2.81. The van der Waals surface area contributed by atoms with E-state index in [1.807, 2.05) is 6.92 Å². The molecule has 0 fully saturated rings. The van der Waals surface area contributed by atoms with Gasteiger partial charge in [0.15, 0.2) is 0 Å². The number of benzene rings is 1. The number of esters is 1. The molecule has 0 atom stereocenters. The molecule has 1 N–H and O–H groups in total. The molecule has 0 aliphatic carbocycles. The normalized spacial score (nSPS) is 10.2. The van der Waals surface area contributed by atoms with Crippen molar-refractivity contribution >= 4 is 11.9 Å². The lowest BCUT2D eigenvalue weighted by Crippen LogP contribution is -2.07. The van der Waals surface area contributed by atoms with E-state index in [-0.39, 0.29) is 17.1 Å². The van der Waals surface area contributed by atoms with E-state index >= 15 is 0 Å². The third-order valence-corrected chi connectivity index (χ3v) is 2.68. The number of carbonyl (C=O) groups is 2. The lowest BCUT2D eigenvalue weighted by Gasteiger charge is -2.02. The van der Waals surface area contributed by atoms with Gasteiger partial charge in [0.05, 0.1) is 5.56 Å². The fraction of sp³-hybridized carbons (Fsp3) is 0.143. The van der Waals surface area contributed by atoms with E-state index in [0.29, 0.717) is 5.76 Å². The molecule has 0 saturated heterocycles. The minimum absolute atomic E-state index is 0.123. The molecule has 19 heavy (non-hydrogen) atoms. The van der Waals surface area contributed by atoms with Crippen LogP contribution in [0, 0.1) is 13.8 Å². The van der Waals surface area contributed by atoms with Gasteiger partial charge in [-0.1, -0.05) is 0 Å². The molecule has 0 bridgehead atoms. The van der Waals surface area contributed by atoms with Gasteiger partial charge in [0.25, 0.3) is 0 Å². The van der Waals surface area contributed by atoms with Gasteiger partial charge < -0.3 is 14.3 Å². The Morgan fingerprint density at radius 3 is 2.26 bits per heavy atom. The molecule has 0 saturated carbocycles. The zero-order valence-corrected chi connectivity index (χ0v) is 10.5. The maximum Gasteiger partial charge on any atom is 0.379 e. The minimum atomic E-state index is -1.03. The van der Waals surface area contributed by atoms with E-state index < -0.39 is 11.9 Å². The Balaban J connectivity index is 2.12. The summed E-state index contributed by atoms with van der Waals surface area (Å²) >= 11 is 0. The van der Waals surface area contributed by atoms with Crippen LogP contribution in [0.2, 0.25) is 0 Å². The quantitative estimate of drug-likeness (QED) is 0.678. The van der Waals surface area contributed by atoms with Crippen LogP contribution in [-0.4, -0.2) is 17.0 Å². The molecule has 5 heteroatoms. The van der Waals surface area contributed by atoms with Crippen molar-refractivity contribution in [2.75, 3.05) is 0 Å². The number of hydrogen-bond acceptors (Lipinski definition) is 4. The van der Waals surface area contributed by atoms with Crippen LogP contribution in [0.5, 0.6) is 5.75 Å². The minimum Gasteiger partial charge on any atom is -0.478 e. The van der Waals surface area contributed by atoms with Gasteiger partial charge >= 0.3 is 11.9 Å². The molecule has 2 aromatic rings. The first-order valence-electron chi connectivity index (χ1n) is 5.60. The molecule has 0 amide bonds. The van der Waals surface area contributed by atoms with Crippen molar-refractivity contribution in [1.82, 2.24) is 0 Å². The molecular weight excluding hydrogens is 248 g/mol. The molecule has 1 aromatic carbocycles. The first-order valence-corrected chi connectivity index (χ1v) is 5.60. The first-order chi connectivity index (χ1) is 8.97. The van der Waals surface area contributed by atoms with Crippen LogP contribution < -0.4 is 4.74 Å². The second-order valence-electron chi connectivity index (χ2n) is 4.07.